The number of hydrogen-bond acceptors (Lipinski definition) is 6. The molecule has 154 valence electrons. The van der Waals surface area contributed by atoms with E-state index in [0.717, 1.165) is 41.9 Å². The molecule has 7 heteroatoms. The molecule has 1 atom stereocenters. The van der Waals surface area contributed by atoms with E-state index in [9.17, 15) is 4.79 Å². The average Bonchev–Trinajstić information content (AvgIpc) is 2.73. The van der Waals surface area contributed by atoms with Gasteiger partial charge in [0.15, 0.2) is 5.82 Å². The first-order valence-electron chi connectivity index (χ1n) is 10.3. The SMILES string of the molecule is Cc1ccc(-c2ncccn2)c(C(=O)N2CCCC(Nc3nc(C)cc(C)n3)C2)c1. The molecule has 1 saturated heterocycles. The Hall–Kier alpha value is -3.35. The van der Waals surface area contributed by atoms with Crippen molar-refractivity contribution in [3.8, 4) is 11.4 Å². The number of benzene rings is 1. The number of hydrogen-bond donors (Lipinski definition) is 1. The largest absolute Gasteiger partial charge is 0.350 e. The molecule has 1 fully saturated rings. The van der Waals surface area contributed by atoms with Crippen LogP contribution < -0.4 is 5.32 Å². The third-order valence-electron chi connectivity index (χ3n) is 5.24. The summed E-state index contributed by atoms with van der Waals surface area (Å²) in [6, 6.07) is 9.69. The Bertz CT molecular complexity index is 1030. The number of amides is 1. The predicted molar refractivity (Wildman–Crippen MR) is 116 cm³/mol. The zero-order valence-electron chi connectivity index (χ0n) is 17.6. The number of carbonyl (C=O) groups excluding carboxylic acids is 1. The first kappa shape index (κ1) is 19.9. The lowest BCUT2D eigenvalue weighted by molar-refractivity contribution is 0.0715. The molecular weight excluding hydrogens is 376 g/mol. The number of nitrogens with zero attached hydrogens (tertiary/aromatic N) is 5. The highest BCUT2D eigenvalue weighted by Gasteiger charge is 2.27. The minimum Gasteiger partial charge on any atom is -0.350 e. The van der Waals surface area contributed by atoms with Crippen molar-refractivity contribution >= 4 is 11.9 Å². The normalized spacial score (nSPS) is 16.4. The second-order valence-corrected chi connectivity index (χ2v) is 7.83. The molecule has 1 N–H and O–H groups in total. The number of carbonyl (C=O) groups is 1. The Labute approximate surface area is 176 Å². The average molecular weight is 403 g/mol. The van der Waals surface area contributed by atoms with Gasteiger partial charge in [-0.2, -0.15) is 0 Å². The Morgan fingerprint density at radius 3 is 2.53 bits per heavy atom. The van der Waals surface area contributed by atoms with E-state index in [1.54, 1.807) is 18.5 Å². The lowest BCUT2D eigenvalue weighted by Crippen LogP contribution is -2.45. The number of aromatic nitrogens is 4. The van der Waals surface area contributed by atoms with Crippen molar-refractivity contribution < 1.29 is 4.79 Å². The molecule has 1 aliphatic rings. The van der Waals surface area contributed by atoms with Gasteiger partial charge in [0.2, 0.25) is 5.95 Å². The highest BCUT2D eigenvalue weighted by atomic mass is 16.2. The molecule has 30 heavy (non-hydrogen) atoms. The van der Waals surface area contributed by atoms with Gasteiger partial charge in [-0.25, -0.2) is 19.9 Å². The molecule has 0 saturated carbocycles. The van der Waals surface area contributed by atoms with Crippen molar-refractivity contribution in [2.75, 3.05) is 18.4 Å². The van der Waals surface area contributed by atoms with Crippen LogP contribution in [0.25, 0.3) is 11.4 Å². The van der Waals surface area contributed by atoms with Crippen LogP contribution >= 0.6 is 0 Å². The number of likely N-dealkylation sites (tertiary alicyclic amines) is 1. The quantitative estimate of drug-likeness (QED) is 0.718. The predicted octanol–water partition coefficient (Wildman–Crippen LogP) is 3.58. The van der Waals surface area contributed by atoms with Crippen LogP contribution in [0.2, 0.25) is 0 Å². The number of nitrogens with one attached hydrogen (secondary N) is 1. The lowest BCUT2D eigenvalue weighted by Gasteiger charge is -2.33. The van der Waals surface area contributed by atoms with Gasteiger partial charge >= 0.3 is 0 Å². The fourth-order valence-corrected chi connectivity index (χ4v) is 3.89. The lowest BCUT2D eigenvalue weighted by atomic mass is 10.00. The van der Waals surface area contributed by atoms with Crippen molar-refractivity contribution in [2.45, 2.75) is 39.7 Å². The smallest absolute Gasteiger partial charge is 0.254 e. The summed E-state index contributed by atoms with van der Waals surface area (Å²) >= 11 is 0. The highest BCUT2D eigenvalue weighted by molar-refractivity contribution is 6.00. The summed E-state index contributed by atoms with van der Waals surface area (Å²) in [5, 5.41) is 3.42. The summed E-state index contributed by atoms with van der Waals surface area (Å²) in [6.07, 6.45) is 5.29. The van der Waals surface area contributed by atoms with Gasteiger partial charge in [-0.05, 0) is 51.8 Å². The maximum absolute atomic E-state index is 13.5. The first-order valence-corrected chi connectivity index (χ1v) is 10.3. The standard InChI is InChI=1S/C23H26N6O/c1-15-7-8-19(21-24-9-5-10-25-21)20(12-15)22(30)29-11-4-6-18(14-29)28-23-26-16(2)13-17(3)27-23/h5,7-10,12-13,18H,4,6,11,14H2,1-3H3,(H,26,27,28). The molecule has 1 aromatic carbocycles. The van der Waals surface area contributed by atoms with Crippen molar-refractivity contribution in [1.29, 1.82) is 0 Å². The molecule has 0 radical (unpaired) electrons. The van der Waals surface area contributed by atoms with Crippen LogP contribution in [0.3, 0.4) is 0 Å². The summed E-state index contributed by atoms with van der Waals surface area (Å²) in [7, 11) is 0. The molecule has 2 aromatic heterocycles. The zero-order chi connectivity index (χ0) is 21.1. The monoisotopic (exact) mass is 402 g/mol. The van der Waals surface area contributed by atoms with Crippen LogP contribution in [0.15, 0.2) is 42.7 Å². The van der Waals surface area contributed by atoms with E-state index in [2.05, 4.69) is 25.3 Å². The Morgan fingerprint density at radius 2 is 1.80 bits per heavy atom. The third kappa shape index (κ3) is 4.45. The van der Waals surface area contributed by atoms with E-state index in [4.69, 9.17) is 0 Å². The number of anilines is 1. The fraction of sp³-hybridized carbons (Fsp3) is 0.348. The van der Waals surface area contributed by atoms with E-state index in [0.29, 0.717) is 23.9 Å². The number of piperidine rings is 1. The summed E-state index contributed by atoms with van der Waals surface area (Å²) in [4.78, 5) is 33.0. The number of aryl methyl sites for hydroxylation is 3. The fourth-order valence-electron chi connectivity index (χ4n) is 3.89. The van der Waals surface area contributed by atoms with E-state index in [1.807, 2.05) is 49.9 Å². The van der Waals surface area contributed by atoms with Gasteiger partial charge in [0.05, 0.1) is 5.56 Å². The van der Waals surface area contributed by atoms with Crippen molar-refractivity contribution in [3.05, 3.63) is 65.2 Å². The van der Waals surface area contributed by atoms with Crippen LogP contribution in [0.5, 0.6) is 0 Å². The summed E-state index contributed by atoms with van der Waals surface area (Å²) in [6.45, 7) is 7.25. The van der Waals surface area contributed by atoms with Crippen molar-refractivity contribution in [3.63, 3.8) is 0 Å². The maximum atomic E-state index is 13.5. The van der Waals surface area contributed by atoms with Crippen molar-refractivity contribution in [2.24, 2.45) is 0 Å². The van der Waals surface area contributed by atoms with Gasteiger partial charge in [-0.3, -0.25) is 4.79 Å². The van der Waals surface area contributed by atoms with Crippen molar-refractivity contribution in [1.82, 2.24) is 24.8 Å². The Kier molecular flexibility index (Phi) is 5.70. The topological polar surface area (TPSA) is 83.9 Å². The Balaban J connectivity index is 1.56. The first-order chi connectivity index (χ1) is 14.5. The highest BCUT2D eigenvalue weighted by Crippen LogP contribution is 2.25. The van der Waals surface area contributed by atoms with Gasteiger partial charge in [-0.1, -0.05) is 17.7 Å². The summed E-state index contributed by atoms with van der Waals surface area (Å²) in [5.74, 6) is 1.20. The minimum absolute atomic E-state index is 0.00833. The van der Waals surface area contributed by atoms with Gasteiger partial charge in [0.1, 0.15) is 0 Å². The molecule has 0 spiro atoms. The summed E-state index contributed by atoms with van der Waals surface area (Å²) < 4.78 is 0. The summed E-state index contributed by atoms with van der Waals surface area (Å²) in [5.41, 5.74) is 4.30. The van der Waals surface area contributed by atoms with E-state index in [1.165, 1.54) is 0 Å². The number of rotatable bonds is 4. The molecule has 7 nitrogen and oxygen atoms in total. The van der Waals surface area contributed by atoms with E-state index < -0.39 is 0 Å². The van der Waals surface area contributed by atoms with E-state index in [-0.39, 0.29) is 11.9 Å². The molecule has 1 unspecified atom stereocenters. The van der Waals surface area contributed by atoms with Gasteiger partial charge in [0, 0.05) is 48.5 Å². The molecule has 1 aliphatic heterocycles. The van der Waals surface area contributed by atoms with E-state index >= 15 is 0 Å². The van der Waals surface area contributed by atoms with Crippen LogP contribution in [0.4, 0.5) is 5.95 Å². The molecule has 0 aliphatic carbocycles. The zero-order valence-corrected chi connectivity index (χ0v) is 17.6. The second-order valence-electron chi connectivity index (χ2n) is 7.83. The van der Waals surface area contributed by atoms with Crippen LogP contribution in [-0.4, -0.2) is 49.9 Å². The Morgan fingerprint density at radius 1 is 1.07 bits per heavy atom. The molecular formula is C23H26N6O. The van der Waals surface area contributed by atoms with Crippen LogP contribution in [0.1, 0.15) is 40.2 Å². The second kappa shape index (κ2) is 8.57. The third-order valence-corrected chi connectivity index (χ3v) is 5.24. The molecule has 3 heterocycles. The molecule has 1 amide bonds. The maximum Gasteiger partial charge on any atom is 0.254 e. The molecule has 3 aromatic rings. The molecule has 4 rings (SSSR count). The van der Waals surface area contributed by atoms with Crippen LogP contribution in [-0.2, 0) is 0 Å². The van der Waals surface area contributed by atoms with Gasteiger partial charge < -0.3 is 10.2 Å². The van der Waals surface area contributed by atoms with Crippen LogP contribution in [0, 0.1) is 20.8 Å². The molecule has 0 bridgehead atoms. The van der Waals surface area contributed by atoms with Gasteiger partial charge in [-0.15, -0.1) is 0 Å². The van der Waals surface area contributed by atoms with Gasteiger partial charge in [0.25, 0.3) is 5.91 Å². The minimum atomic E-state index is 0.00833.